The number of hydrogen-bond donors (Lipinski definition) is 1. The molecule has 152 valence electrons. The minimum Gasteiger partial charge on any atom is -0.325 e. The summed E-state index contributed by atoms with van der Waals surface area (Å²) in [5, 5.41) is 7.16. The van der Waals surface area contributed by atoms with E-state index >= 15 is 0 Å². The Morgan fingerprint density at radius 3 is 2.07 bits per heavy atom. The van der Waals surface area contributed by atoms with Gasteiger partial charge >= 0.3 is 6.03 Å². The van der Waals surface area contributed by atoms with Crippen molar-refractivity contribution in [1.29, 1.82) is 0 Å². The van der Waals surface area contributed by atoms with Crippen molar-refractivity contribution >= 4 is 45.4 Å². The lowest BCUT2D eigenvalue weighted by Gasteiger charge is -2.20. The number of nitrogens with zero attached hydrogens (tertiary/aromatic N) is 3. The number of thiophene rings is 2. The summed E-state index contributed by atoms with van der Waals surface area (Å²) >= 11 is 3.32. The highest BCUT2D eigenvalue weighted by Gasteiger charge is 2.17. The third-order valence-electron chi connectivity index (χ3n) is 5.32. The third kappa shape index (κ3) is 3.95. The fraction of sp³-hybridized carbons (Fsp3) is 0.261. The number of anilines is 1. The van der Waals surface area contributed by atoms with Crippen LogP contribution in [0.4, 0.5) is 10.5 Å². The molecule has 1 aliphatic rings. The molecule has 5 nitrogen and oxygen atoms in total. The van der Waals surface area contributed by atoms with E-state index in [4.69, 9.17) is 9.97 Å². The Balaban J connectivity index is 1.50. The fourth-order valence-electron chi connectivity index (χ4n) is 3.78. The number of hydrogen-bond acceptors (Lipinski definition) is 5. The highest BCUT2D eigenvalue weighted by Crippen LogP contribution is 2.35. The van der Waals surface area contributed by atoms with Crippen molar-refractivity contribution in [3.63, 3.8) is 0 Å². The minimum atomic E-state index is -0.0297. The highest BCUT2D eigenvalue weighted by molar-refractivity contribution is 7.14. The summed E-state index contributed by atoms with van der Waals surface area (Å²) in [5.74, 6) is 0. The Morgan fingerprint density at radius 1 is 0.833 bits per heavy atom. The van der Waals surface area contributed by atoms with Gasteiger partial charge in [-0.3, -0.25) is 0 Å². The molecule has 3 aromatic heterocycles. The summed E-state index contributed by atoms with van der Waals surface area (Å²) in [6.45, 7) is 1.65. The zero-order valence-corrected chi connectivity index (χ0v) is 18.1. The number of aromatic nitrogens is 2. The van der Waals surface area contributed by atoms with Crippen LogP contribution in [0.3, 0.4) is 0 Å². The van der Waals surface area contributed by atoms with Gasteiger partial charge in [0.15, 0.2) is 0 Å². The van der Waals surface area contributed by atoms with Crippen LogP contribution in [0.1, 0.15) is 25.7 Å². The second-order valence-corrected chi connectivity index (χ2v) is 9.31. The Labute approximate surface area is 183 Å². The number of benzene rings is 1. The molecule has 4 heterocycles. The van der Waals surface area contributed by atoms with E-state index in [2.05, 4.69) is 28.2 Å². The zero-order chi connectivity index (χ0) is 20.3. The summed E-state index contributed by atoms with van der Waals surface area (Å²) in [6.07, 6.45) is 4.55. The first-order valence-electron chi connectivity index (χ1n) is 10.2. The molecule has 0 bridgehead atoms. The molecule has 30 heavy (non-hydrogen) atoms. The van der Waals surface area contributed by atoms with Crippen LogP contribution in [0.25, 0.3) is 32.2 Å². The van der Waals surface area contributed by atoms with Crippen LogP contribution in [-0.4, -0.2) is 34.0 Å². The van der Waals surface area contributed by atoms with E-state index in [9.17, 15) is 4.79 Å². The first kappa shape index (κ1) is 19.2. The van der Waals surface area contributed by atoms with Gasteiger partial charge in [0, 0.05) is 18.8 Å². The molecule has 0 aliphatic carbocycles. The van der Waals surface area contributed by atoms with E-state index in [0.29, 0.717) is 0 Å². The van der Waals surface area contributed by atoms with Gasteiger partial charge in [-0.2, -0.15) is 0 Å². The van der Waals surface area contributed by atoms with Crippen molar-refractivity contribution in [3.05, 3.63) is 53.2 Å². The van der Waals surface area contributed by atoms with Gasteiger partial charge in [-0.05, 0) is 53.9 Å². The molecule has 2 amide bonds. The molecular weight excluding hydrogens is 412 g/mol. The highest BCUT2D eigenvalue weighted by atomic mass is 32.1. The smallest absolute Gasteiger partial charge is 0.321 e. The quantitative estimate of drug-likeness (QED) is 0.401. The van der Waals surface area contributed by atoms with Crippen molar-refractivity contribution in [2.24, 2.45) is 0 Å². The lowest BCUT2D eigenvalue weighted by atomic mass is 10.2. The second-order valence-electron chi connectivity index (χ2n) is 7.41. The van der Waals surface area contributed by atoms with Gasteiger partial charge in [0.1, 0.15) is 11.4 Å². The standard InChI is InChI=1S/C23H22N4OS2/c28-23(27-11-3-1-2-4-12-27)24-16-9-10-17-18(15-16)26-22(20-8-6-14-30-20)21(25-17)19-7-5-13-29-19/h5-10,13-15H,1-4,11-12H2,(H,24,28). The number of carbonyl (C=O) groups excluding carboxylic acids is 1. The number of carbonyl (C=O) groups is 1. The Kier molecular flexibility index (Phi) is 5.46. The van der Waals surface area contributed by atoms with Crippen LogP contribution in [-0.2, 0) is 0 Å². The van der Waals surface area contributed by atoms with E-state index < -0.39 is 0 Å². The average Bonchev–Trinajstić information content (AvgIpc) is 3.43. The maximum atomic E-state index is 12.7. The van der Waals surface area contributed by atoms with Crippen LogP contribution in [0.15, 0.2) is 53.2 Å². The number of amides is 2. The SMILES string of the molecule is O=C(Nc1ccc2nc(-c3cccs3)c(-c3cccs3)nc2c1)N1CCCCCC1. The van der Waals surface area contributed by atoms with Crippen molar-refractivity contribution in [2.45, 2.75) is 25.7 Å². The summed E-state index contributed by atoms with van der Waals surface area (Å²) in [4.78, 5) is 26.7. The minimum absolute atomic E-state index is 0.0297. The maximum absolute atomic E-state index is 12.7. The second kappa shape index (κ2) is 8.53. The largest absolute Gasteiger partial charge is 0.325 e. The van der Waals surface area contributed by atoms with Crippen LogP contribution >= 0.6 is 22.7 Å². The van der Waals surface area contributed by atoms with Crippen LogP contribution in [0.2, 0.25) is 0 Å². The van der Waals surface area contributed by atoms with E-state index in [0.717, 1.165) is 63.8 Å². The molecule has 5 rings (SSSR count). The first-order valence-corrected chi connectivity index (χ1v) is 12.0. The average molecular weight is 435 g/mol. The summed E-state index contributed by atoms with van der Waals surface area (Å²) in [6, 6.07) is 14.0. The lowest BCUT2D eigenvalue weighted by Crippen LogP contribution is -2.35. The molecule has 7 heteroatoms. The van der Waals surface area contributed by atoms with Crippen LogP contribution in [0, 0.1) is 0 Å². The number of urea groups is 1. The Hall–Kier alpha value is -2.77. The number of rotatable bonds is 3. The monoisotopic (exact) mass is 434 g/mol. The first-order chi connectivity index (χ1) is 14.8. The molecule has 4 aromatic rings. The van der Waals surface area contributed by atoms with E-state index in [1.54, 1.807) is 22.7 Å². The topological polar surface area (TPSA) is 58.1 Å². The van der Waals surface area contributed by atoms with Gasteiger partial charge in [0.2, 0.25) is 0 Å². The van der Waals surface area contributed by atoms with Gasteiger partial charge in [0.25, 0.3) is 0 Å². The molecule has 1 fully saturated rings. The number of likely N-dealkylation sites (tertiary alicyclic amines) is 1. The van der Waals surface area contributed by atoms with Gasteiger partial charge in [0.05, 0.1) is 20.8 Å². The molecule has 1 N–H and O–H groups in total. The number of fused-ring (bicyclic) bond motifs is 1. The van der Waals surface area contributed by atoms with Crippen LogP contribution < -0.4 is 5.32 Å². The normalized spacial score (nSPS) is 14.6. The third-order valence-corrected chi connectivity index (χ3v) is 7.07. The molecule has 1 saturated heterocycles. The zero-order valence-electron chi connectivity index (χ0n) is 16.5. The van der Waals surface area contributed by atoms with Gasteiger partial charge in [-0.1, -0.05) is 25.0 Å². The van der Waals surface area contributed by atoms with Crippen molar-refractivity contribution in [1.82, 2.24) is 14.9 Å². The van der Waals surface area contributed by atoms with Gasteiger partial charge in [-0.15, -0.1) is 22.7 Å². The summed E-state index contributed by atoms with van der Waals surface area (Å²) < 4.78 is 0. The van der Waals surface area contributed by atoms with E-state index in [-0.39, 0.29) is 6.03 Å². The van der Waals surface area contributed by atoms with Gasteiger partial charge in [-0.25, -0.2) is 14.8 Å². The number of nitrogens with one attached hydrogen (secondary N) is 1. The van der Waals surface area contributed by atoms with E-state index in [1.807, 2.05) is 35.2 Å². The lowest BCUT2D eigenvalue weighted by molar-refractivity contribution is 0.214. The molecule has 1 aromatic carbocycles. The molecular formula is C23H22N4OS2. The fourth-order valence-corrected chi connectivity index (χ4v) is 5.21. The maximum Gasteiger partial charge on any atom is 0.321 e. The summed E-state index contributed by atoms with van der Waals surface area (Å²) in [7, 11) is 0. The molecule has 1 aliphatic heterocycles. The van der Waals surface area contributed by atoms with Crippen molar-refractivity contribution in [3.8, 4) is 21.1 Å². The van der Waals surface area contributed by atoms with Gasteiger partial charge < -0.3 is 10.2 Å². The van der Waals surface area contributed by atoms with Crippen molar-refractivity contribution < 1.29 is 4.79 Å². The van der Waals surface area contributed by atoms with Crippen LogP contribution in [0.5, 0.6) is 0 Å². The van der Waals surface area contributed by atoms with E-state index in [1.165, 1.54) is 12.8 Å². The molecule has 0 atom stereocenters. The summed E-state index contributed by atoms with van der Waals surface area (Å²) in [5.41, 5.74) is 4.16. The molecule has 0 unspecified atom stereocenters. The Morgan fingerprint density at radius 2 is 1.47 bits per heavy atom. The predicted octanol–water partition coefficient (Wildman–Crippen LogP) is 6.49. The predicted molar refractivity (Wildman–Crippen MR) is 125 cm³/mol. The molecule has 0 saturated carbocycles. The van der Waals surface area contributed by atoms with Crippen molar-refractivity contribution in [2.75, 3.05) is 18.4 Å². The molecule has 0 radical (unpaired) electrons. The molecule has 0 spiro atoms. The Bertz CT molecular complexity index is 1150.